The average molecular weight is 492 g/mol. The molecule has 2 heterocycles. The van der Waals surface area contributed by atoms with Gasteiger partial charge in [-0.05, 0) is 66.6 Å². The maximum atomic E-state index is 13.0. The predicted octanol–water partition coefficient (Wildman–Crippen LogP) is 3.56. The summed E-state index contributed by atoms with van der Waals surface area (Å²) in [5.74, 6) is 0.0837. The van der Waals surface area contributed by atoms with Crippen LogP contribution in [-0.4, -0.2) is 37.7 Å². The van der Waals surface area contributed by atoms with Crippen LogP contribution in [0.3, 0.4) is 0 Å². The summed E-state index contributed by atoms with van der Waals surface area (Å²) in [4.78, 5) is 24.7. The van der Waals surface area contributed by atoms with Crippen LogP contribution in [0.25, 0.3) is 17.4 Å². The van der Waals surface area contributed by atoms with Crippen LogP contribution in [0, 0.1) is 0 Å². The van der Waals surface area contributed by atoms with Crippen molar-refractivity contribution in [2.75, 3.05) is 13.6 Å². The normalized spacial score (nSPS) is 11.4. The molecule has 0 saturated carbocycles. The van der Waals surface area contributed by atoms with Crippen molar-refractivity contribution in [2.45, 2.75) is 11.3 Å². The van der Waals surface area contributed by atoms with Gasteiger partial charge < -0.3 is 15.1 Å². The average Bonchev–Trinajstić information content (AvgIpc) is 3.51. The first-order chi connectivity index (χ1) is 15.3. The van der Waals surface area contributed by atoms with Crippen molar-refractivity contribution in [3.8, 4) is 11.3 Å². The van der Waals surface area contributed by atoms with Crippen molar-refractivity contribution in [1.29, 1.82) is 0 Å². The predicted molar refractivity (Wildman–Crippen MR) is 127 cm³/mol. The second kappa shape index (κ2) is 10.5. The molecule has 32 heavy (non-hydrogen) atoms. The van der Waals surface area contributed by atoms with E-state index in [1.165, 1.54) is 36.8 Å². The summed E-state index contributed by atoms with van der Waals surface area (Å²) < 4.78 is 31.8. The number of carbonyl (C=O) groups excluding carboxylic acids is 2. The Labute approximate surface area is 195 Å². The zero-order valence-electron chi connectivity index (χ0n) is 17.0. The number of benzene rings is 1. The van der Waals surface area contributed by atoms with Gasteiger partial charge in [-0.15, -0.1) is 11.3 Å². The summed E-state index contributed by atoms with van der Waals surface area (Å²) >= 11 is 5.39. The number of nitrogens with one attached hydrogen (secondary N) is 2. The third kappa shape index (κ3) is 5.61. The number of nitrogens with zero attached hydrogens (tertiary/aromatic N) is 1. The van der Waals surface area contributed by atoms with E-state index in [0.29, 0.717) is 33.6 Å². The van der Waals surface area contributed by atoms with Crippen molar-refractivity contribution in [2.24, 2.45) is 0 Å². The van der Waals surface area contributed by atoms with Crippen molar-refractivity contribution < 1.29 is 22.4 Å². The highest BCUT2D eigenvalue weighted by Gasteiger charge is 2.30. The smallest absolute Gasteiger partial charge is 0.341 e. The third-order valence-electron chi connectivity index (χ3n) is 4.38. The molecule has 0 aliphatic heterocycles. The Morgan fingerprint density at radius 3 is 2.69 bits per heavy atom. The van der Waals surface area contributed by atoms with Gasteiger partial charge in [-0.3, -0.25) is 4.79 Å². The fourth-order valence-corrected chi connectivity index (χ4v) is 5.03. The topological polar surface area (TPSA) is 109 Å². The summed E-state index contributed by atoms with van der Waals surface area (Å²) in [5, 5.41) is 6.92. The van der Waals surface area contributed by atoms with E-state index in [2.05, 4.69) is 23.4 Å². The van der Waals surface area contributed by atoms with Gasteiger partial charge in [-0.2, -0.15) is 12.1 Å². The zero-order chi connectivity index (χ0) is 23.1. The first-order valence-corrected chi connectivity index (χ1v) is 12.2. The van der Waals surface area contributed by atoms with E-state index >= 15 is 0 Å². The molecule has 1 aromatic carbocycles. The molecular formula is C21H21N3O5S3. The summed E-state index contributed by atoms with van der Waals surface area (Å²) in [5.41, 5.74) is 0.949. The second-order valence-corrected chi connectivity index (χ2v) is 9.91. The summed E-state index contributed by atoms with van der Waals surface area (Å²) in [7, 11) is -2.97. The number of thiophene rings is 1. The van der Waals surface area contributed by atoms with Crippen LogP contribution in [0.5, 0.6) is 0 Å². The fraction of sp³-hybridized carbons (Fsp3) is 0.143. The van der Waals surface area contributed by atoms with Crippen LogP contribution in [-0.2, 0) is 21.2 Å². The molecule has 8 nitrogen and oxygen atoms in total. The number of sulfonamides is 1. The van der Waals surface area contributed by atoms with Crippen LogP contribution in [0.15, 0.2) is 69.5 Å². The summed E-state index contributed by atoms with van der Waals surface area (Å²) in [6, 6.07) is 11.0. The van der Waals surface area contributed by atoms with Crippen molar-refractivity contribution >= 4 is 52.2 Å². The van der Waals surface area contributed by atoms with E-state index in [9.17, 15) is 18.0 Å². The lowest BCUT2D eigenvalue weighted by atomic mass is 10.1. The Balaban J connectivity index is 1.79. The van der Waals surface area contributed by atoms with Crippen molar-refractivity contribution in [3.05, 3.63) is 70.6 Å². The second-order valence-electron chi connectivity index (χ2n) is 6.50. The number of hydrogen-bond donors (Lipinski definition) is 3. The van der Waals surface area contributed by atoms with Gasteiger partial charge in [0.25, 0.3) is 10.0 Å². The molecule has 2 aromatic heterocycles. The molecule has 0 radical (unpaired) electrons. The number of amides is 3. The molecule has 0 saturated heterocycles. The van der Waals surface area contributed by atoms with E-state index in [1.54, 1.807) is 30.3 Å². The summed E-state index contributed by atoms with van der Waals surface area (Å²) in [6.45, 7) is 0.299. The van der Waals surface area contributed by atoms with Crippen molar-refractivity contribution in [3.63, 3.8) is 0 Å². The number of rotatable bonds is 8. The molecule has 2 N–H and O–H groups in total. The van der Waals surface area contributed by atoms with E-state index in [4.69, 9.17) is 4.42 Å². The molecule has 3 aromatic rings. The number of carbonyl (C=O) groups is 2. The van der Waals surface area contributed by atoms with E-state index in [0.717, 1.165) is 4.88 Å². The van der Waals surface area contributed by atoms with Gasteiger partial charge in [0.05, 0.1) is 11.2 Å². The van der Waals surface area contributed by atoms with Gasteiger partial charge in [-0.25, -0.2) is 4.79 Å². The first kappa shape index (κ1) is 23.6. The van der Waals surface area contributed by atoms with Crippen molar-refractivity contribution in [1.82, 2.24) is 14.3 Å². The molecule has 0 atom stereocenters. The Hall–Kier alpha value is -3.02. The molecule has 0 aliphatic carbocycles. The highest BCUT2D eigenvalue weighted by molar-refractivity contribution is 8.00. The molecule has 3 rings (SSSR count). The van der Waals surface area contributed by atoms with E-state index < -0.39 is 16.1 Å². The maximum absolute atomic E-state index is 13.0. The Kier molecular flexibility index (Phi) is 7.78. The van der Waals surface area contributed by atoms with Crippen LogP contribution in [0.1, 0.15) is 10.4 Å². The Morgan fingerprint density at radius 2 is 2.03 bits per heavy atom. The lowest BCUT2D eigenvalue weighted by molar-refractivity contribution is -0.116. The SMILES string of the molecule is CNC(=O)N(S)S(=O)(=O)c1cc(CCNC(=O)/C=C/c2cccs2)ccc1-c1ccco1. The molecule has 0 fully saturated rings. The highest BCUT2D eigenvalue weighted by atomic mass is 32.3. The van der Waals surface area contributed by atoms with Gasteiger partial charge >= 0.3 is 6.03 Å². The van der Waals surface area contributed by atoms with Gasteiger partial charge in [-0.1, -0.05) is 12.1 Å². The van der Waals surface area contributed by atoms with E-state index in [1.807, 2.05) is 17.5 Å². The molecule has 0 unspecified atom stereocenters. The molecular weight excluding hydrogens is 470 g/mol. The maximum Gasteiger partial charge on any atom is 0.341 e. The van der Waals surface area contributed by atoms with Crippen LogP contribution >= 0.6 is 24.2 Å². The monoisotopic (exact) mass is 491 g/mol. The number of hydrogen-bond acceptors (Lipinski definition) is 7. The summed E-state index contributed by atoms with van der Waals surface area (Å²) in [6.07, 6.45) is 4.98. The first-order valence-electron chi connectivity index (χ1n) is 9.45. The number of furan rings is 1. The molecule has 168 valence electrons. The molecule has 0 bridgehead atoms. The van der Waals surface area contributed by atoms with Gasteiger partial charge in [0.1, 0.15) is 5.76 Å². The lowest BCUT2D eigenvalue weighted by Gasteiger charge is -2.18. The molecule has 11 heteroatoms. The van der Waals surface area contributed by atoms with Crippen LogP contribution < -0.4 is 10.6 Å². The molecule has 0 aliphatic rings. The standard InChI is InChI=1S/C21H21N3O5S3/c1-22-21(26)24(30)32(27,28)19-14-15(6-8-17(19)18-5-2-12-29-18)10-11-23-20(25)9-7-16-4-3-13-31-16/h2-9,12-14,30H,10-11H2,1H3,(H,22,26)(H,23,25)/b9-7+. The minimum absolute atomic E-state index is 0.132. The minimum Gasteiger partial charge on any atom is -0.464 e. The number of thiol groups is 1. The van der Waals surface area contributed by atoms with Gasteiger partial charge in [0.15, 0.2) is 0 Å². The largest absolute Gasteiger partial charge is 0.464 e. The van der Waals surface area contributed by atoms with Gasteiger partial charge in [0.2, 0.25) is 5.91 Å². The zero-order valence-corrected chi connectivity index (χ0v) is 19.5. The lowest BCUT2D eigenvalue weighted by Crippen LogP contribution is -2.36. The van der Waals surface area contributed by atoms with Gasteiger partial charge in [0, 0.05) is 30.1 Å². The highest BCUT2D eigenvalue weighted by Crippen LogP contribution is 2.31. The third-order valence-corrected chi connectivity index (χ3v) is 7.56. The van der Waals surface area contributed by atoms with E-state index in [-0.39, 0.29) is 10.8 Å². The quantitative estimate of drug-likeness (QED) is 0.330. The molecule has 0 spiro atoms. The Bertz CT molecular complexity index is 1200. The number of urea groups is 1. The Morgan fingerprint density at radius 1 is 1.22 bits per heavy atom. The fourth-order valence-electron chi connectivity index (χ4n) is 2.80. The van der Waals surface area contributed by atoms with Crippen LogP contribution in [0.4, 0.5) is 4.79 Å². The minimum atomic E-state index is -4.28. The van der Waals surface area contributed by atoms with Crippen LogP contribution in [0.2, 0.25) is 0 Å². The molecule has 3 amide bonds.